The van der Waals surface area contributed by atoms with E-state index in [1.807, 2.05) is 0 Å². The summed E-state index contributed by atoms with van der Waals surface area (Å²) in [6.07, 6.45) is -15.9. The molecule has 1 aliphatic carbocycles. The molecule has 0 aliphatic heterocycles. The average molecular weight is 517 g/mol. The molecule has 6 atom stereocenters. The molecule has 0 radical (unpaired) electrons. The highest BCUT2D eigenvalue weighted by Crippen LogP contribution is 2.52. The second-order valence-electron chi connectivity index (χ2n) is 5.22. The molecule has 1 saturated carbocycles. The van der Waals surface area contributed by atoms with Gasteiger partial charge in [0.1, 0.15) is 36.6 Å². The summed E-state index contributed by atoms with van der Waals surface area (Å²) < 4.78 is 60.5. The summed E-state index contributed by atoms with van der Waals surface area (Å²) in [6, 6.07) is 0. The topological polar surface area (TPSA) is 342 Å². The van der Waals surface area contributed by atoms with Crippen molar-refractivity contribution in [1.29, 1.82) is 0 Å². The fourth-order valence-electron chi connectivity index (χ4n) is 2.28. The Hall–Kier alpha value is 0.320. The predicted molar refractivity (Wildman–Crippen MR) is 84.7 cm³/mol. The second-order valence-corrected chi connectivity index (χ2v) is 9.99. The average Bonchev–Trinajstić information content (AvgIpc) is 2.39. The van der Waals surface area contributed by atoms with Crippen molar-refractivity contribution in [3.63, 3.8) is 0 Å². The number of phosphoric acid groups is 4. The van der Waals surface area contributed by atoms with Crippen molar-refractivity contribution in [2.75, 3.05) is 0 Å². The lowest BCUT2D eigenvalue weighted by atomic mass is 9.85. The van der Waals surface area contributed by atoms with Gasteiger partial charge in [0.2, 0.25) is 0 Å². The van der Waals surface area contributed by atoms with E-state index in [4.69, 9.17) is 39.1 Å². The normalized spacial score (nSPS) is 31.9. The molecule has 23 heteroatoms. The minimum Gasteiger partial charge on any atom is -0.387 e. The maximum atomic E-state index is 11.1. The van der Waals surface area contributed by atoms with Crippen LogP contribution in [-0.4, -0.2) is 86.0 Å². The molecule has 0 aromatic carbocycles. The third-order valence-electron chi connectivity index (χ3n) is 3.03. The lowest BCUT2D eigenvalue weighted by Crippen LogP contribution is -2.65. The van der Waals surface area contributed by atoms with Crippen molar-refractivity contribution in [1.82, 2.24) is 6.15 Å². The lowest BCUT2D eigenvalue weighted by Gasteiger charge is -2.45. The molecule has 0 spiro atoms. The zero-order chi connectivity index (χ0) is 22.3. The third-order valence-corrected chi connectivity index (χ3v) is 5.10. The number of phosphoric ester groups is 4. The molecule has 0 heterocycles. The molecule has 0 bridgehead atoms. The summed E-state index contributed by atoms with van der Waals surface area (Å²) in [5.74, 6) is 0. The van der Waals surface area contributed by atoms with Gasteiger partial charge in [-0.1, -0.05) is 0 Å². The van der Waals surface area contributed by atoms with E-state index in [-0.39, 0.29) is 6.15 Å². The SMILES string of the molecule is N.O=P(O)(O)OC1[C@H](O)[C@H](OP(=O)(O)O)C(OP(=O)(O)O)[C@H](OP(=O)(O)O)[C@H]1O. The highest BCUT2D eigenvalue weighted by atomic mass is 31.2. The molecule has 0 aromatic rings. The smallest absolute Gasteiger partial charge is 0.387 e. The molecular weight excluding hydrogens is 498 g/mol. The van der Waals surface area contributed by atoms with Crippen molar-refractivity contribution < 1.29 is 85.7 Å². The van der Waals surface area contributed by atoms with Crippen LogP contribution < -0.4 is 6.15 Å². The largest absolute Gasteiger partial charge is 0.470 e. The first kappa shape index (κ1) is 29.3. The van der Waals surface area contributed by atoms with Gasteiger partial charge in [-0.15, -0.1) is 0 Å². The molecule has 2 unspecified atom stereocenters. The van der Waals surface area contributed by atoms with Crippen LogP contribution >= 0.6 is 31.3 Å². The maximum absolute atomic E-state index is 11.1. The highest BCUT2D eigenvalue weighted by Gasteiger charge is 2.58. The van der Waals surface area contributed by atoms with E-state index >= 15 is 0 Å². The Morgan fingerprint density at radius 2 is 0.655 bits per heavy atom. The minimum absolute atomic E-state index is 0. The van der Waals surface area contributed by atoms with E-state index in [2.05, 4.69) is 18.1 Å². The molecule has 13 N–H and O–H groups in total. The molecule has 19 nitrogen and oxygen atoms in total. The van der Waals surface area contributed by atoms with E-state index in [0.29, 0.717) is 0 Å². The van der Waals surface area contributed by atoms with Crippen molar-refractivity contribution in [2.24, 2.45) is 0 Å². The van der Waals surface area contributed by atoms with Gasteiger partial charge in [0, 0.05) is 0 Å². The van der Waals surface area contributed by atoms with Crippen molar-refractivity contribution in [2.45, 2.75) is 36.6 Å². The fraction of sp³-hybridized carbons (Fsp3) is 1.00. The summed E-state index contributed by atoms with van der Waals surface area (Å²) in [5.41, 5.74) is 0. The van der Waals surface area contributed by atoms with Gasteiger partial charge >= 0.3 is 31.3 Å². The number of hydrogen-bond acceptors (Lipinski definition) is 11. The van der Waals surface area contributed by atoms with Gasteiger partial charge < -0.3 is 55.5 Å². The number of hydrogen-bond donors (Lipinski definition) is 11. The van der Waals surface area contributed by atoms with E-state index in [0.717, 1.165) is 0 Å². The van der Waals surface area contributed by atoms with Crippen molar-refractivity contribution in [3.8, 4) is 0 Å². The third kappa shape index (κ3) is 9.99. The monoisotopic (exact) mass is 517 g/mol. The Labute approximate surface area is 160 Å². The van der Waals surface area contributed by atoms with E-state index in [1.54, 1.807) is 0 Å². The second kappa shape index (κ2) is 9.85. The van der Waals surface area contributed by atoms with Crippen LogP contribution in [0.5, 0.6) is 0 Å². The first-order chi connectivity index (χ1) is 12.2. The van der Waals surface area contributed by atoms with Gasteiger partial charge in [0.25, 0.3) is 0 Å². The van der Waals surface area contributed by atoms with Gasteiger partial charge in [0.05, 0.1) is 0 Å². The summed E-state index contributed by atoms with van der Waals surface area (Å²) in [7, 11) is -22.4. The van der Waals surface area contributed by atoms with Gasteiger partial charge in [-0.05, 0) is 0 Å². The molecule has 29 heavy (non-hydrogen) atoms. The van der Waals surface area contributed by atoms with Crippen molar-refractivity contribution >= 4 is 31.3 Å². The Balaban J connectivity index is 0.00000784. The van der Waals surface area contributed by atoms with Gasteiger partial charge in [-0.3, -0.25) is 18.1 Å². The number of aliphatic hydroxyl groups excluding tert-OH is 2. The van der Waals surface area contributed by atoms with Crippen LogP contribution in [0, 0.1) is 0 Å². The Morgan fingerprint density at radius 1 is 0.448 bits per heavy atom. The molecule has 1 fully saturated rings. The number of rotatable bonds is 8. The van der Waals surface area contributed by atoms with Gasteiger partial charge in [-0.25, -0.2) is 18.3 Å². The summed E-state index contributed by atoms with van der Waals surface area (Å²) in [4.78, 5) is 71.0. The van der Waals surface area contributed by atoms with E-state index < -0.39 is 67.9 Å². The van der Waals surface area contributed by atoms with Crippen LogP contribution in [-0.2, 0) is 36.4 Å². The van der Waals surface area contributed by atoms with E-state index in [1.165, 1.54) is 0 Å². The maximum Gasteiger partial charge on any atom is 0.470 e. The van der Waals surface area contributed by atoms with Crippen LogP contribution in [0.15, 0.2) is 0 Å². The van der Waals surface area contributed by atoms with E-state index in [9.17, 15) is 28.5 Å². The summed E-state index contributed by atoms with van der Waals surface area (Å²) in [5, 5.41) is 20.1. The molecular formula is C6H19NO18P4. The molecule has 1 rings (SSSR count). The Morgan fingerprint density at radius 3 is 0.897 bits per heavy atom. The highest BCUT2D eigenvalue weighted by molar-refractivity contribution is 7.47. The van der Waals surface area contributed by atoms with Crippen LogP contribution in [0.2, 0.25) is 0 Å². The summed E-state index contributed by atoms with van der Waals surface area (Å²) in [6.45, 7) is 0. The number of aliphatic hydroxyl groups is 2. The predicted octanol–water partition coefficient (Wildman–Crippen LogP) is -3.20. The van der Waals surface area contributed by atoms with Crippen molar-refractivity contribution in [3.05, 3.63) is 0 Å². The van der Waals surface area contributed by atoms with Crippen LogP contribution in [0.3, 0.4) is 0 Å². The van der Waals surface area contributed by atoms with Crippen LogP contribution in [0.25, 0.3) is 0 Å². The quantitative estimate of drug-likeness (QED) is 0.141. The minimum atomic E-state index is -5.64. The molecule has 0 saturated heterocycles. The van der Waals surface area contributed by atoms with Crippen LogP contribution in [0.1, 0.15) is 0 Å². The molecule has 0 aromatic heterocycles. The van der Waals surface area contributed by atoms with Gasteiger partial charge in [-0.2, -0.15) is 0 Å². The van der Waals surface area contributed by atoms with Gasteiger partial charge in [0.15, 0.2) is 0 Å². The fourth-order valence-corrected chi connectivity index (χ4v) is 4.52. The zero-order valence-corrected chi connectivity index (χ0v) is 17.3. The lowest BCUT2D eigenvalue weighted by molar-refractivity contribution is -0.208. The van der Waals surface area contributed by atoms with Crippen LogP contribution in [0.4, 0.5) is 0 Å². The molecule has 176 valence electrons. The first-order valence-corrected chi connectivity index (χ1v) is 12.6. The molecule has 1 aliphatic rings. The standard InChI is InChI=1S/C6H16O18P4.H3N/c7-1-3(21-25(9,10)11)2(8)5(23-27(15,16)17)6(24-28(18,19)20)4(1)22-26(12,13)14;/h1-8H,(H2,9,10,11)(H2,12,13,14)(H2,15,16,17)(H2,18,19,20);1H3/t1-,2-,3?,4-,5+,6?;/m0./s1. The first-order valence-electron chi connectivity index (χ1n) is 6.52. The molecule has 0 amide bonds. The Kier molecular flexibility index (Phi) is 9.96. The summed E-state index contributed by atoms with van der Waals surface area (Å²) >= 11 is 0. The zero-order valence-electron chi connectivity index (χ0n) is 13.7. The Bertz CT molecular complexity index is 695.